The van der Waals surface area contributed by atoms with Gasteiger partial charge >= 0.3 is 6.01 Å². The molecule has 1 aliphatic heterocycles. The van der Waals surface area contributed by atoms with E-state index in [0.717, 1.165) is 26.1 Å². The van der Waals surface area contributed by atoms with Crippen LogP contribution in [0.4, 0.5) is 6.01 Å². The summed E-state index contributed by atoms with van der Waals surface area (Å²) in [6.07, 6.45) is 4.78. The highest BCUT2D eigenvalue weighted by atomic mass is 16.4. The molecule has 108 valence electrons. The Morgan fingerprint density at radius 1 is 1.26 bits per heavy atom. The topological polar surface area (TPSA) is 54.2 Å². The van der Waals surface area contributed by atoms with Crippen LogP contribution >= 0.6 is 0 Å². The second-order valence-corrected chi connectivity index (χ2v) is 5.53. The number of nitrogens with one attached hydrogen (secondary N) is 1. The molecule has 0 unspecified atom stereocenters. The van der Waals surface area contributed by atoms with Gasteiger partial charge in [0.25, 0.3) is 0 Å². The Hall–Kier alpha value is -1.10. The van der Waals surface area contributed by atoms with Crippen molar-refractivity contribution in [1.82, 2.24) is 15.5 Å². The van der Waals surface area contributed by atoms with Gasteiger partial charge in [0, 0.05) is 13.1 Å². The number of hydrogen-bond donors (Lipinski definition) is 1. The summed E-state index contributed by atoms with van der Waals surface area (Å²) in [5.74, 6) is 0.689. The second kappa shape index (κ2) is 6.37. The predicted octanol–water partition coefficient (Wildman–Crippen LogP) is 2.59. The lowest BCUT2D eigenvalue weighted by Gasteiger charge is -2.25. The van der Waals surface area contributed by atoms with Crippen LogP contribution in [0, 0.1) is 5.41 Å². The monoisotopic (exact) mass is 266 g/mol. The molecule has 1 fully saturated rings. The fourth-order valence-electron chi connectivity index (χ4n) is 2.74. The Balaban J connectivity index is 1.92. The van der Waals surface area contributed by atoms with Gasteiger partial charge in [0.05, 0.1) is 6.54 Å². The Morgan fingerprint density at radius 3 is 2.68 bits per heavy atom. The number of nitrogens with zero attached hydrogens (tertiary/aromatic N) is 3. The van der Waals surface area contributed by atoms with Crippen LogP contribution in [0.1, 0.15) is 52.3 Å². The highest BCUT2D eigenvalue weighted by Crippen LogP contribution is 2.38. The first-order valence-corrected chi connectivity index (χ1v) is 7.51. The first kappa shape index (κ1) is 14.3. The Labute approximate surface area is 115 Å². The number of hydrogen-bond acceptors (Lipinski definition) is 5. The highest BCUT2D eigenvalue weighted by Gasteiger charge is 2.36. The molecule has 1 aliphatic rings. The quantitative estimate of drug-likeness (QED) is 0.769. The molecule has 19 heavy (non-hydrogen) atoms. The van der Waals surface area contributed by atoms with E-state index in [9.17, 15) is 0 Å². The van der Waals surface area contributed by atoms with Crippen molar-refractivity contribution in [2.75, 3.05) is 24.5 Å². The summed E-state index contributed by atoms with van der Waals surface area (Å²) in [6.45, 7) is 10.4. The molecule has 5 heteroatoms. The van der Waals surface area contributed by atoms with Gasteiger partial charge in [-0.2, -0.15) is 0 Å². The largest absolute Gasteiger partial charge is 0.407 e. The van der Waals surface area contributed by atoms with Crippen LogP contribution in [0.15, 0.2) is 4.42 Å². The average molecular weight is 266 g/mol. The van der Waals surface area contributed by atoms with E-state index in [1.54, 1.807) is 0 Å². The first-order valence-electron chi connectivity index (χ1n) is 7.51. The van der Waals surface area contributed by atoms with E-state index >= 15 is 0 Å². The normalized spacial score (nSPS) is 18.2. The maximum absolute atomic E-state index is 5.74. The van der Waals surface area contributed by atoms with E-state index in [4.69, 9.17) is 4.42 Å². The molecule has 1 aromatic rings. The third kappa shape index (κ3) is 3.26. The number of anilines is 1. The van der Waals surface area contributed by atoms with Crippen molar-refractivity contribution in [3.05, 3.63) is 5.89 Å². The molecule has 1 N–H and O–H groups in total. The van der Waals surface area contributed by atoms with Gasteiger partial charge in [-0.3, -0.25) is 0 Å². The molecule has 5 nitrogen and oxygen atoms in total. The lowest BCUT2D eigenvalue weighted by Crippen LogP contribution is -2.26. The summed E-state index contributed by atoms with van der Waals surface area (Å²) in [4.78, 5) is 2.24. The van der Waals surface area contributed by atoms with Gasteiger partial charge in [0.1, 0.15) is 0 Å². The minimum atomic E-state index is 0.440. The maximum Gasteiger partial charge on any atom is 0.318 e. The molecule has 1 aromatic heterocycles. The zero-order valence-electron chi connectivity index (χ0n) is 12.4. The van der Waals surface area contributed by atoms with Crippen molar-refractivity contribution in [2.45, 2.75) is 53.0 Å². The Kier molecular flexibility index (Phi) is 4.80. The van der Waals surface area contributed by atoms with Gasteiger partial charge in [0.2, 0.25) is 5.89 Å². The van der Waals surface area contributed by atoms with Crippen LogP contribution in [0.25, 0.3) is 0 Å². The smallest absolute Gasteiger partial charge is 0.318 e. The third-order valence-electron chi connectivity index (χ3n) is 4.37. The summed E-state index contributed by atoms with van der Waals surface area (Å²) in [5.41, 5.74) is 0.440. The van der Waals surface area contributed by atoms with E-state index in [1.165, 1.54) is 19.3 Å². The third-order valence-corrected chi connectivity index (χ3v) is 4.37. The van der Waals surface area contributed by atoms with Crippen LogP contribution < -0.4 is 10.2 Å². The van der Waals surface area contributed by atoms with E-state index in [2.05, 4.69) is 41.2 Å². The zero-order chi connectivity index (χ0) is 13.7. The summed E-state index contributed by atoms with van der Waals surface area (Å²) in [6, 6.07) is 0.692. The summed E-state index contributed by atoms with van der Waals surface area (Å²) < 4.78 is 5.74. The Bertz CT molecular complexity index is 387. The molecule has 2 heterocycles. The van der Waals surface area contributed by atoms with Gasteiger partial charge in [-0.05, 0) is 37.6 Å². The van der Waals surface area contributed by atoms with Crippen molar-refractivity contribution >= 4 is 6.01 Å². The van der Waals surface area contributed by atoms with Gasteiger partial charge in [-0.1, -0.05) is 25.9 Å². The molecule has 0 bridgehead atoms. The molecule has 0 amide bonds. The lowest BCUT2D eigenvalue weighted by molar-refractivity contribution is 0.300. The molecule has 0 spiro atoms. The van der Waals surface area contributed by atoms with Crippen LogP contribution in [0.2, 0.25) is 0 Å². The van der Waals surface area contributed by atoms with Crippen LogP contribution in [-0.2, 0) is 6.54 Å². The van der Waals surface area contributed by atoms with E-state index in [1.807, 2.05) is 0 Å². The number of aromatic nitrogens is 2. The van der Waals surface area contributed by atoms with E-state index in [-0.39, 0.29) is 0 Å². The molecule has 0 atom stereocenters. The van der Waals surface area contributed by atoms with Crippen LogP contribution in [-0.4, -0.2) is 29.8 Å². The molecular formula is C14H26N4O. The van der Waals surface area contributed by atoms with Crippen molar-refractivity contribution in [2.24, 2.45) is 5.41 Å². The van der Waals surface area contributed by atoms with Crippen LogP contribution in [0.3, 0.4) is 0 Å². The molecule has 1 saturated heterocycles. The summed E-state index contributed by atoms with van der Waals surface area (Å²) in [7, 11) is 0. The molecule has 0 aromatic carbocycles. The highest BCUT2D eigenvalue weighted by molar-refractivity contribution is 5.28. The molecule has 0 saturated carbocycles. The fraction of sp³-hybridized carbons (Fsp3) is 0.857. The lowest BCUT2D eigenvalue weighted by atomic mass is 9.82. The van der Waals surface area contributed by atoms with Crippen LogP contribution in [0.5, 0.6) is 0 Å². The van der Waals surface area contributed by atoms with Gasteiger partial charge in [-0.25, -0.2) is 0 Å². The van der Waals surface area contributed by atoms with E-state index < -0.39 is 0 Å². The molecule has 2 rings (SSSR count). The summed E-state index contributed by atoms with van der Waals surface area (Å²) >= 11 is 0. The Morgan fingerprint density at radius 2 is 2.05 bits per heavy atom. The van der Waals surface area contributed by atoms with Crippen molar-refractivity contribution in [1.29, 1.82) is 0 Å². The molecule has 0 aliphatic carbocycles. The first-order chi connectivity index (χ1) is 9.23. The van der Waals surface area contributed by atoms with Gasteiger partial charge in [-0.15, -0.1) is 5.10 Å². The standard InChI is InChI=1S/C14H26N4O/c1-4-8-15-10-12-16-17-13(19-12)18-9-7-14(5-2,6-3)11-18/h15H,4-11H2,1-3H3. The maximum atomic E-state index is 5.74. The van der Waals surface area contributed by atoms with E-state index in [0.29, 0.717) is 23.9 Å². The molecule has 0 radical (unpaired) electrons. The fourth-order valence-corrected chi connectivity index (χ4v) is 2.74. The molecular weight excluding hydrogens is 240 g/mol. The second-order valence-electron chi connectivity index (χ2n) is 5.53. The van der Waals surface area contributed by atoms with Crippen molar-refractivity contribution < 1.29 is 4.42 Å². The number of rotatable bonds is 7. The van der Waals surface area contributed by atoms with Gasteiger partial charge in [0.15, 0.2) is 0 Å². The zero-order valence-corrected chi connectivity index (χ0v) is 12.4. The average Bonchev–Trinajstić information content (AvgIpc) is 3.06. The minimum Gasteiger partial charge on any atom is -0.407 e. The predicted molar refractivity (Wildman–Crippen MR) is 76.1 cm³/mol. The van der Waals surface area contributed by atoms with Crippen molar-refractivity contribution in [3.8, 4) is 0 Å². The van der Waals surface area contributed by atoms with Gasteiger partial charge < -0.3 is 14.6 Å². The minimum absolute atomic E-state index is 0.440. The summed E-state index contributed by atoms with van der Waals surface area (Å²) in [5, 5.41) is 11.6. The van der Waals surface area contributed by atoms with Crippen molar-refractivity contribution in [3.63, 3.8) is 0 Å². The SMILES string of the molecule is CCCNCc1nnc(N2CCC(CC)(CC)C2)o1.